The Balaban J connectivity index is 1.60. The normalized spacial score (nSPS) is 10.0. The lowest BCUT2D eigenvalue weighted by atomic mass is 10.3. The Morgan fingerprint density at radius 2 is 1.96 bits per heavy atom. The van der Waals surface area contributed by atoms with Gasteiger partial charge in [0.2, 0.25) is 5.88 Å². The first-order valence-corrected chi connectivity index (χ1v) is 8.22. The van der Waals surface area contributed by atoms with E-state index in [2.05, 4.69) is 15.3 Å². The van der Waals surface area contributed by atoms with Crippen LogP contribution in [0, 0.1) is 11.3 Å². The Labute approximate surface area is 152 Å². The number of nitriles is 1. The van der Waals surface area contributed by atoms with Crippen LogP contribution in [0.25, 0.3) is 0 Å². The molecule has 6 heteroatoms. The second-order valence-electron chi connectivity index (χ2n) is 5.40. The summed E-state index contributed by atoms with van der Waals surface area (Å²) in [6.45, 7) is 3.16. The molecule has 0 aliphatic carbocycles. The highest BCUT2D eigenvalue weighted by atomic mass is 16.5. The van der Waals surface area contributed by atoms with Crippen LogP contribution in [0.4, 0.5) is 5.69 Å². The van der Waals surface area contributed by atoms with Crippen LogP contribution >= 0.6 is 0 Å². The summed E-state index contributed by atoms with van der Waals surface area (Å²) in [5, 5.41) is 12.1. The van der Waals surface area contributed by atoms with Gasteiger partial charge in [-0.1, -0.05) is 6.07 Å². The minimum Gasteiger partial charge on any atom is -0.492 e. The van der Waals surface area contributed by atoms with Gasteiger partial charge in [-0.3, -0.25) is 4.98 Å². The predicted octanol–water partition coefficient (Wildman–Crippen LogP) is 4.15. The molecule has 0 aliphatic heterocycles. The van der Waals surface area contributed by atoms with Gasteiger partial charge in [-0.25, -0.2) is 4.98 Å². The van der Waals surface area contributed by atoms with Crippen LogP contribution < -0.4 is 14.8 Å². The summed E-state index contributed by atoms with van der Waals surface area (Å²) in [6.07, 6.45) is 3.20. The van der Waals surface area contributed by atoms with E-state index in [0.717, 1.165) is 17.1 Å². The molecule has 130 valence electrons. The van der Waals surface area contributed by atoms with E-state index in [9.17, 15) is 0 Å². The fourth-order valence-corrected chi connectivity index (χ4v) is 2.26. The van der Waals surface area contributed by atoms with Crippen LogP contribution in [0.1, 0.15) is 18.2 Å². The molecule has 0 unspecified atom stereocenters. The zero-order chi connectivity index (χ0) is 18.2. The van der Waals surface area contributed by atoms with Gasteiger partial charge >= 0.3 is 0 Å². The lowest BCUT2D eigenvalue weighted by molar-refractivity contribution is 0.338. The first-order chi connectivity index (χ1) is 12.8. The number of benzene rings is 1. The highest BCUT2D eigenvalue weighted by Gasteiger charge is 2.02. The van der Waals surface area contributed by atoms with Crippen LogP contribution in [0.15, 0.2) is 60.9 Å². The van der Waals surface area contributed by atoms with Gasteiger partial charge in [-0.2, -0.15) is 5.26 Å². The van der Waals surface area contributed by atoms with E-state index in [1.165, 1.54) is 6.20 Å². The van der Waals surface area contributed by atoms with Crippen LogP contribution in [0.3, 0.4) is 0 Å². The smallest absolute Gasteiger partial charge is 0.219 e. The van der Waals surface area contributed by atoms with Crippen molar-refractivity contribution in [2.45, 2.75) is 13.5 Å². The quantitative estimate of drug-likeness (QED) is 0.692. The third-order valence-electron chi connectivity index (χ3n) is 3.50. The van der Waals surface area contributed by atoms with Gasteiger partial charge in [0.1, 0.15) is 17.6 Å². The Morgan fingerprint density at radius 3 is 2.65 bits per heavy atom. The molecule has 1 aromatic carbocycles. The minimum absolute atomic E-state index is 0.439. The summed E-state index contributed by atoms with van der Waals surface area (Å²) < 4.78 is 11.1. The number of nitrogens with zero attached hydrogens (tertiary/aromatic N) is 3. The highest BCUT2D eigenvalue weighted by molar-refractivity contribution is 5.49. The van der Waals surface area contributed by atoms with E-state index >= 15 is 0 Å². The van der Waals surface area contributed by atoms with Gasteiger partial charge in [0, 0.05) is 24.0 Å². The Bertz CT molecular complexity index is 887. The summed E-state index contributed by atoms with van der Waals surface area (Å²) in [4.78, 5) is 8.47. The number of aromatic nitrogens is 2. The van der Waals surface area contributed by atoms with Crippen molar-refractivity contribution >= 4 is 5.69 Å². The van der Waals surface area contributed by atoms with Gasteiger partial charge in [0.05, 0.1) is 30.6 Å². The number of hydrogen-bond acceptors (Lipinski definition) is 6. The molecular weight excluding hydrogens is 328 g/mol. The van der Waals surface area contributed by atoms with Crippen LogP contribution in [0.2, 0.25) is 0 Å². The first kappa shape index (κ1) is 17.2. The van der Waals surface area contributed by atoms with Crippen molar-refractivity contribution < 1.29 is 9.47 Å². The molecule has 0 amide bonds. The van der Waals surface area contributed by atoms with Gasteiger partial charge < -0.3 is 14.8 Å². The molecule has 3 aromatic rings. The van der Waals surface area contributed by atoms with Crippen LogP contribution in [0.5, 0.6) is 17.4 Å². The summed E-state index contributed by atoms with van der Waals surface area (Å²) in [5.74, 6) is 1.86. The molecule has 0 aliphatic rings. The average Bonchev–Trinajstić information content (AvgIpc) is 2.69. The van der Waals surface area contributed by atoms with E-state index in [1.807, 2.05) is 49.4 Å². The summed E-state index contributed by atoms with van der Waals surface area (Å²) in [7, 11) is 0. The van der Waals surface area contributed by atoms with E-state index in [4.69, 9.17) is 14.7 Å². The molecule has 6 nitrogen and oxygen atoms in total. The predicted molar refractivity (Wildman–Crippen MR) is 98.2 cm³/mol. The maximum absolute atomic E-state index is 8.80. The molecule has 3 rings (SSSR count). The largest absolute Gasteiger partial charge is 0.492 e. The molecule has 0 saturated heterocycles. The summed E-state index contributed by atoms with van der Waals surface area (Å²) in [5.41, 5.74) is 2.32. The number of hydrogen-bond donors (Lipinski definition) is 1. The fraction of sp³-hybridized carbons (Fsp3) is 0.150. The number of pyridine rings is 2. The standard InChI is InChI=1S/C20H18N4O2/c1-2-25-19-8-7-17(23-14-19)13-22-16-4-3-5-18(10-16)26-20-9-6-15(11-21)12-24-20/h3-10,12,14,22H,2,13H2,1H3. The average molecular weight is 346 g/mol. The minimum atomic E-state index is 0.439. The van der Waals surface area contributed by atoms with E-state index in [1.54, 1.807) is 18.3 Å². The molecule has 0 radical (unpaired) electrons. The molecule has 0 atom stereocenters. The molecule has 26 heavy (non-hydrogen) atoms. The third-order valence-corrected chi connectivity index (χ3v) is 3.50. The third kappa shape index (κ3) is 4.71. The molecule has 0 fully saturated rings. The van der Waals surface area contributed by atoms with Crippen LogP contribution in [-0.2, 0) is 6.54 Å². The molecule has 2 aromatic heterocycles. The topological polar surface area (TPSA) is 80.1 Å². The lowest BCUT2D eigenvalue weighted by Gasteiger charge is -2.09. The first-order valence-electron chi connectivity index (χ1n) is 8.22. The molecule has 0 bridgehead atoms. The Kier molecular flexibility index (Phi) is 5.63. The second-order valence-corrected chi connectivity index (χ2v) is 5.40. The van der Waals surface area contributed by atoms with E-state index in [-0.39, 0.29) is 0 Å². The van der Waals surface area contributed by atoms with Gasteiger partial charge in [0.25, 0.3) is 0 Å². The zero-order valence-corrected chi connectivity index (χ0v) is 14.3. The maximum Gasteiger partial charge on any atom is 0.219 e. The lowest BCUT2D eigenvalue weighted by Crippen LogP contribution is -2.02. The van der Waals surface area contributed by atoms with E-state index in [0.29, 0.717) is 30.3 Å². The molecular formula is C20H18N4O2. The number of anilines is 1. The molecule has 0 spiro atoms. The maximum atomic E-state index is 8.80. The Morgan fingerprint density at radius 1 is 1.04 bits per heavy atom. The summed E-state index contributed by atoms with van der Waals surface area (Å²) in [6, 6.07) is 16.8. The van der Waals surface area contributed by atoms with Crippen molar-refractivity contribution in [3.63, 3.8) is 0 Å². The summed E-state index contributed by atoms with van der Waals surface area (Å²) >= 11 is 0. The fourth-order valence-electron chi connectivity index (χ4n) is 2.26. The molecule has 2 heterocycles. The monoisotopic (exact) mass is 346 g/mol. The van der Waals surface area contributed by atoms with Gasteiger partial charge in [0.15, 0.2) is 0 Å². The van der Waals surface area contributed by atoms with Crippen molar-refractivity contribution in [2.24, 2.45) is 0 Å². The molecule has 1 N–H and O–H groups in total. The van der Waals surface area contributed by atoms with Crippen molar-refractivity contribution in [3.05, 3.63) is 72.2 Å². The van der Waals surface area contributed by atoms with Gasteiger partial charge in [-0.15, -0.1) is 0 Å². The zero-order valence-electron chi connectivity index (χ0n) is 14.3. The number of ether oxygens (including phenoxy) is 2. The second kappa shape index (κ2) is 8.49. The molecule has 0 saturated carbocycles. The Hall–Kier alpha value is -3.59. The highest BCUT2D eigenvalue weighted by Crippen LogP contribution is 2.23. The number of rotatable bonds is 7. The van der Waals surface area contributed by atoms with Crippen molar-refractivity contribution in [3.8, 4) is 23.4 Å². The van der Waals surface area contributed by atoms with Gasteiger partial charge in [-0.05, 0) is 37.3 Å². The number of nitrogens with one attached hydrogen (secondary N) is 1. The SMILES string of the molecule is CCOc1ccc(CNc2cccc(Oc3ccc(C#N)cn3)c2)nc1. The van der Waals surface area contributed by atoms with Crippen molar-refractivity contribution in [1.29, 1.82) is 5.26 Å². The van der Waals surface area contributed by atoms with Crippen LogP contribution in [-0.4, -0.2) is 16.6 Å². The van der Waals surface area contributed by atoms with Crippen molar-refractivity contribution in [2.75, 3.05) is 11.9 Å². The van der Waals surface area contributed by atoms with E-state index < -0.39 is 0 Å². The van der Waals surface area contributed by atoms with Crippen molar-refractivity contribution in [1.82, 2.24) is 9.97 Å².